The van der Waals surface area contributed by atoms with Crippen molar-refractivity contribution in [3.63, 3.8) is 0 Å². The summed E-state index contributed by atoms with van der Waals surface area (Å²) in [5.41, 5.74) is 2.41. The molecule has 1 atom stereocenters. The van der Waals surface area contributed by atoms with Crippen molar-refractivity contribution in [3.05, 3.63) is 91.8 Å². The molecule has 8 nitrogen and oxygen atoms in total. The van der Waals surface area contributed by atoms with Gasteiger partial charge in [-0.3, -0.25) is 14.4 Å². The third-order valence-electron chi connectivity index (χ3n) is 7.05. The van der Waals surface area contributed by atoms with Gasteiger partial charge in [-0.25, -0.2) is 4.68 Å². The molecule has 2 aliphatic rings. The highest BCUT2D eigenvalue weighted by Gasteiger charge is 2.38. The number of nitrogens with zero attached hydrogens (tertiary/aromatic N) is 4. The molecule has 1 aromatic heterocycles. The Balaban J connectivity index is 1.55. The van der Waals surface area contributed by atoms with E-state index in [1.807, 2.05) is 36.9 Å². The smallest absolute Gasteiger partial charge is 0.276 e. The van der Waals surface area contributed by atoms with Crippen molar-refractivity contribution in [2.75, 3.05) is 36.4 Å². The van der Waals surface area contributed by atoms with Crippen molar-refractivity contribution in [2.24, 2.45) is 0 Å². The zero-order chi connectivity index (χ0) is 27.0. The van der Waals surface area contributed by atoms with Crippen LogP contribution in [-0.2, 0) is 4.79 Å². The lowest BCUT2D eigenvalue weighted by Crippen LogP contribution is -2.50. The first-order valence-corrected chi connectivity index (χ1v) is 13.5. The van der Waals surface area contributed by atoms with Crippen LogP contribution in [0.5, 0.6) is 0 Å². The van der Waals surface area contributed by atoms with Gasteiger partial charge in [0.15, 0.2) is 0 Å². The largest absolute Gasteiger partial charge is 0.368 e. The first-order chi connectivity index (χ1) is 18.3. The number of aromatic nitrogens is 2. The lowest BCUT2D eigenvalue weighted by atomic mass is 9.94. The third kappa shape index (κ3) is 4.74. The van der Waals surface area contributed by atoms with Crippen LogP contribution in [0.25, 0.3) is 0 Å². The fourth-order valence-electron chi connectivity index (χ4n) is 5.20. The molecule has 1 unspecified atom stereocenters. The van der Waals surface area contributed by atoms with Crippen LogP contribution < -0.4 is 15.8 Å². The lowest BCUT2D eigenvalue weighted by molar-refractivity contribution is -0.128. The number of benzene rings is 2. The molecule has 0 radical (unpaired) electrons. The molecule has 2 aliphatic heterocycles. The maximum Gasteiger partial charge on any atom is 0.276 e. The number of carbonyl (C=O) groups is 2. The van der Waals surface area contributed by atoms with Crippen molar-refractivity contribution in [1.29, 1.82) is 0 Å². The average molecular weight is 554 g/mol. The van der Waals surface area contributed by atoms with Gasteiger partial charge < -0.3 is 15.1 Å². The number of allylic oxidation sites excluding steroid dienone is 1. The number of hydrogen-bond acceptors (Lipinski definition) is 5. The highest BCUT2D eigenvalue weighted by atomic mass is 35.5. The highest BCUT2D eigenvalue weighted by Crippen LogP contribution is 2.39. The minimum absolute atomic E-state index is 0.153. The SMILES string of the molecule is CCCC(=O)n1c(=O)cc2n1C(c1ccc(Cl)c(Cl)c1)C(C(=O)N1CCN(c3ccccc3)CC1)=C(C)N2. The molecule has 0 bridgehead atoms. The summed E-state index contributed by atoms with van der Waals surface area (Å²) in [5.74, 6) is -0.0445. The Hall–Kier alpha value is -3.49. The molecule has 38 heavy (non-hydrogen) atoms. The van der Waals surface area contributed by atoms with Gasteiger partial charge in [0.25, 0.3) is 11.5 Å². The number of anilines is 2. The predicted molar refractivity (Wildman–Crippen MR) is 150 cm³/mol. The van der Waals surface area contributed by atoms with E-state index in [-0.39, 0.29) is 18.2 Å². The number of amides is 1. The van der Waals surface area contributed by atoms with Gasteiger partial charge in [0, 0.05) is 50.1 Å². The molecule has 3 heterocycles. The second kappa shape index (κ2) is 10.7. The minimum Gasteiger partial charge on any atom is -0.368 e. The molecule has 2 aromatic carbocycles. The van der Waals surface area contributed by atoms with Crippen molar-refractivity contribution in [1.82, 2.24) is 14.3 Å². The van der Waals surface area contributed by atoms with Gasteiger partial charge in [-0.15, -0.1) is 0 Å². The second-order valence-corrected chi connectivity index (χ2v) is 10.3. The van der Waals surface area contributed by atoms with E-state index in [1.54, 1.807) is 22.9 Å². The molecule has 3 aromatic rings. The van der Waals surface area contributed by atoms with E-state index in [4.69, 9.17) is 23.2 Å². The maximum atomic E-state index is 14.1. The molecule has 1 fully saturated rings. The number of fused-ring (bicyclic) bond motifs is 1. The van der Waals surface area contributed by atoms with E-state index in [0.717, 1.165) is 10.4 Å². The summed E-state index contributed by atoms with van der Waals surface area (Å²) in [6.45, 7) is 6.17. The van der Waals surface area contributed by atoms with Gasteiger partial charge >= 0.3 is 0 Å². The van der Waals surface area contributed by atoms with E-state index in [1.165, 1.54) is 6.07 Å². The molecule has 0 spiro atoms. The summed E-state index contributed by atoms with van der Waals surface area (Å²) in [6, 6.07) is 15.9. The Morgan fingerprint density at radius 2 is 1.68 bits per heavy atom. The summed E-state index contributed by atoms with van der Waals surface area (Å²) < 4.78 is 2.71. The van der Waals surface area contributed by atoms with E-state index in [0.29, 0.717) is 65.3 Å². The van der Waals surface area contributed by atoms with Gasteiger partial charge in [0.1, 0.15) is 11.9 Å². The van der Waals surface area contributed by atoms with Crippen LogP contribution in [0, 0.1) is 0 Å². The number of para-hydroxylation sites is 1. The fourth-order valence-corrected chi connectivity index (χ4v) is 5.51. The number of piperazine rings is 1. The van der Waals surface area contributed by atoms with E-state index >= 15 is 0 Å². The van der Waals surface area contributed by atoms with Crippen molar-refractivity contribution < 1.29 is 9.59 Å². The molecule has 0 saturated carbocycles. The van der Waals surface area contributed by atoms with Crippen LogP contribution in [0.4, 0.5) is 11.5 Å². The molecule has 1 amide bonds. The Bertz CT molecular complexity index is 1470. The first-order valence-electron chi connectivity index (χ1n) is 12.7. The monoisotopic (exact) mass is 553 g/mol. The summed E-state index contributed by atoms with van der Waals surface area (Å²) in [7, 11) is 0. The van der Waals surface area contributed by atoms with Crippen molar-refractivity contribution in [3.8, 4) is 0 Å². The molecular formula is C28H29Cl2N5O3. The molecule has 10 heteroatoms. The number of halogens is 2. The Morgan fingerprint density at radius 3 is 2.34 bits per heavy atom. The second-order valence-electron chi connectivity index (χ2n) is 9.52. The molecule has 198 valence electrons. The van der Waals surface area contributed by atoms with Crippen LogP contribution in [-0.4, -0.2) is 52.3 Å². The van der Waals surface area contributed by atoms with Crippen molar-refractivity contribution >= 4 is 46.5 Å². The van der Waals surface area contributed by atoms with Gasteiger partial charge in [-0.2, -0.15) is 4.68 Å². The zero-order valence-electron chi connectivity index (χ0n) is 21.3. The van der Waals surface area contributed by atoms with Crippen LogP contribution in [0.1, 0.15) is 43.1 Å². The number of hydrogen-bond donors (Lipinski definition) is 1. The summed E-state index contributed by atoms with van der Waals surface area (Å²) in [6.07, 6.45) is 0.786. The maximum absolute atomic E-state index is 14.1. The average Bonchev–Trinajstić information content (AvgIpc) is 3.25. The standard InChI is InChI=1S/C28H29Cl2N5O3/c1-3-7-24(36)35-25(37)17-23-31-18(2)26(27(34(23)35)19-10-11-21(29)22(30)16-19)28(38)33-14-12-32(13-15-33)20-8-5-4-6-9-20/h4-6,8-11,16-17,27,31H,3,7,12-15H2,1-2H3. The quantitative estimate of drug-likeness (QED) is 0.479. The zero-order valence-corrected chi connectivity index (χ0v) is 22.8. The Morgan fingerprint density at radius 1 is 0.974 bits per heavy atom. The summed E-state index contributed by atoms with van der Waals surface area (Å²) in [5, 5.41) is 3.90. The topological polar surface area (TPSA) is 79.6 Å². The molecule has 5 rings (SSSR count). The molecule has 0 aliphatic carbocycles. The van der Waals surface area contributed by atoms with Gasteiger partial charge in [-0.05, 0) is 43.2 Å². The highest BCUT2D eigenvalue weighted by molar-refractivity contribution is 6.42. The number of rotatable bonds is 5. The number of carbonyl (C=O) groups excluding carboxylic acids is 2. The van der Waals surface area contributed by atoms with E-state index in [9.17, 15) is 14.4 Å². The lowest BCUT2D eigenvalue weighted by Gasteiger charge is -2.39. The van der Waals surface area contributed by atoms with E-state index < -0.39 is 11.6 Å². The Labute approximate surface area is 231 Å². The van der Waals surface area contributed by atoms with Crippen LogP contribution in [0.2, 0.25) is 10.0 Å². The number of nitrogens with one attached hydrogen (secondary N) is 1. The normalized spacial score (nSPS) is 17.3. The van der Waals surface area contributed by atoms with Gasteiger partial charge in [0.2, 0.25) is 5.91 Å². The summed E-state index contributed by atoms with van der Waals surface area (Å²) >= 11 is 12.6. The molecule has 1 N–H and O–H groups in total. The minimum atomic E-state index is -0.746. The predicted octanol–water partition coefficient (Wildman–Crippen LogP) is 5.03. The van der Waals surface area contributed by atoms with Crippen LogP contribution >= 0.6 is 23.2 Å². The first kappa shape index (κ1) is 26.1. The third-order valence-corrected chi connectivity index (χ3v) is 7.79. The van der Waals surface area contributed by atoms with Crippen molar-refractivity contribution in [2.45, 2.75) is 32.7 Å². The van der Waals surface area contributed by atoms with Crippen LogP contribution in [0.15, 0.2) is 70.7 Å². The van der Waals surface area contributed by atoms with Gasteiger partial charge in [-0.1, -0.05) is 54.4 Å². The molecular weight excluding hydrogens is 525 g/mol. The summed E-state index contributed by atoms with van der Waals surface area (Å²) in [4.78, 5) is 44.3. The van der Waals surface area contributed by atoms with E-state index in [2.05, 4.69) is 22.3 Å². The Kier molecular flexibility index (Phi) is 7.36. The fraction of sp³-hybridized carbons (Fsp3) is 0.321. The van der Waals surface area contributed by atoms with Gasteiger partial charge in [0.05, 0.1) is 15.6 Å². The van der Waals surface area contributed by atoms with Crippen LogP contribution in [0.3, 0.4) is 0 Å². The molecule has 1 saturated heterocycles.